The van der Waals surface area contributed by atoms with Crippen molar-refractivity contribution in [1.29, 1.82) is 0 Å². The van der Waals surface area contributed by atoms with Gasteiger partial charge in [0.15, 0.2) is 11.0 Å². The average Bonchev–Trinajstić information content (AvgIpc) is 3.11. The van der Waals surface area contributed by atoms with E-state index < -0.39 is 0 Å². The molecule has 0 aliphatic carbocycles. The van der Waals surface area contributed by atoms with Crippen molar-refractivity contribution in [2.45, 2.75) is 44.1 Å². The van der Waals surface area contributed by atoms with Gasteiger partial charge in [-0.25, -0.2) is 0 Å². The van der Waals surface area contributed by atoms with Crippen molar-refractivity contribution in [3.8, 4) is 17.1 Å². The van der Waals surface area contributed by atoms with Crippen LogP contribution in [0.2, 0.25) is 0 Å². The number of thioether (sulfide) groups is 1. The molecular formula is C22H26N4O2S. The number of amides is 1. The van der Waals surface area contributed by atoms with Crippen LogP contribution in [0.15, 0.2) is 53.7 Å². The molecule has 1 aromatic heterocycles. The lowest BCUT2D eigenvalue weighted by atomic mass is 10.1. The van der Waals surface area contributed by atoms with Gasteiger partial charge >= 0.3 is 0 Å². The Morgan fingerprint density at radius 3 is 2.72 bits per heavy atom. The minimum atomic E-state index is -0.343. The van der Waals surface area contributed by atoms with E-state index in [1.54, 1.807) is 7.11 Å². The topological polar surface area (TPSA) is 69.0 Å². The van der Waals surface area contributed by atoms with E-state index in [0.717, 1.165) is 29.5 Å². The van der Waals surface area contributed by atoms with E-state index in [0.29, 0.717) is 11.4 Å². The molecular weight excluding hydrogens is 384 g/mol. The van der Waals surface area contributed by atoms with Gasteiger partial charge in [0.1, 0.15) is 5.75 Å². The summed E-state index contributed by atoms with van der Waals surface area (Å²) in [7, 11) is 1.59. The molecule has 0 bridgehead atoms. The first kappa shape index (κ1) is 20.9. The number of aromatic nitrogens is 3. The summed E-state index contributed by atoms with van der Waals surface area (Å²) in [4.78, 5) is 12.7. The van der Waals surface area contributed by atoms with E-state index in [4.69, 9.17) is 4.74 Å². The summed E-state index contributed by atoms with van der Waals surface area (Å²) in [6, 6.07) is 15.6. The summed E-state index contributed by atoms with van der Waals surface area (Å²) in [5.74, 6) is 1.35. The minimum Gasteiger partial charge on any atom is -0.495 e. The molecule has 0 unspecified atom stereocenters. The van der Waals surface area contributed by atoms with Gasteiger partial charge in [0.05, 0.1) is 18.0 Å². The van der Waals surface area contributed by atoms with Crippen LogP contribution in [0.4, 0.5) is 5.69 Å². The number of rotatable bonds is 8. The second-order valence-corrected chi connectivity index (χ2v) is 8.08. The molecule has 6 nitrogen and oxygen atoms in total. The Labute approximate surface area is 175 Å². The molecule has 1 N–H and O–H groups in total. The maximum atomic E-state index is 12.7. The number of hydrogen-bond donors (Lipinski definition) is 1. The summed E-state index contributed by atoms with van der Waals surface area (Å²) in [5.41, 5.74) is 2.86. The molecule has 0 saturated heterocycles. The average molecular weight is 411 g/mol. The highest BCUT2D eigenvalue weighted by molar-refractivity contribution is 8.00. The third-order valence-electron chi connectivity index (χ3n) is 4.46. The predicted molar refractivity (Wildman–Crippen MR) is 117 cm³/mol. The van der Waals surface area contributed by atoms with Crippen LogP contribution >= 0.6 is 11.8 Å². The maximum Gasteiger partial charge on any atom is 0.237 e. The number of benzene rings is 2. The van der Waals surface area contributed by atoms with E-state index in [9.17, 15) is 4.79 Å². The summed E-state index contributed by atoms with van der Waals surface area (Å²) < 4.78 is 7.40. The molecule has 0 aliphatic rings. The highest BCUT2D eigenvalue weighted by Gasteiger charge is 2.21. The Bertz CT molecular complexity index is 986. The lowest BCUT2D eigenvalue weighted by Crippen LogP contribution is -2.23. The molecule has 0 fully saturated rings. The number of aryl methyl sites for hydroxylation is 1. The van der Waals surface area contributed by atoms with Crippen LogP contribution < -0.4 is 10.1 Å². The number of nitrogens with one attached hydrogen (secondary N) is 1. The first-order valence-corrected chi connectivity index (χ1v) is 10.5. The number of para-hydroxylation sites is 2. The van der Waals surface area contributed by atoms with E-state index in [1.165, 1.54) is 17.3 Å². The minimum absolute atomic E-state index is 0.109. The van der Waals surface area contributed by atoms with E-state index >= 15 is 0 Å². The van der Waals surface area contributed by atoms with Gasteiger partial charge in [-0.3, -0.25) is 4.79 Å². The smallest absolute Gasteiger partial charge is 0.237 e. The molecule has 3 aromatic rings. The molecule has 0 spiro atoms. The van der Waals surface area contributed by atoms with Gasteiger partial charge in [-0.05, 0) is 38.5 Å². The Hall–Kier alpha value is -2.80. The Morgan fingerprint density at radius 2 is 2.00 bits per heavy atom. The first-order valence-electron chi connectivity index (χ1n) is 9.64. The molecule has 0 radical (unpaired) electrons. The van der Waals surface area contributed by atoms with Gasteiger partial charge in [0.2, 0.25) is 5.91 Å². The van der Waals surface area contributed by atoms with Crippen molar-refractivity contribution in [2.75, 3.05) is 12.4 Å². The number of ether oxygens (including phenoxy) is 1. The SMILES string of the molecule is CCCn1c(S[C@H](C)C(=O)Nc2ccccc2OC)nnc1-c1cccc(C)c1. The van der Waals surface area contributed by atoms with Crippen LogP contribution in [0.25, 0.3) is 11.4 Å². The lowest BCUT2D eigenvalue weighted by Gasteiger charge is -2.15. The fourth-order valence-corrected chi connectivity index (χ4v) is 3.87. The van der Waals surface area contributed by atoms with Crippen molar-refractivity contribution in [3.63, 3.8) is 0 Å². The van der Waals surface area contributed by atoms with Crippen molar-refractivity contribution in [1.82, 2.24) is 14.8 Å². The monoisotopic (exact) mass is 410 g/mol. The summed E-state index contributed by atoms with van der Waals surface area (Å²) >= 11 is 1.41. The molecule has 0 saturated carbocycles. The Morgan fingerprint density at radius 1 is 1.21 bits per heavy atom. The van der Waals surface area contributed by atoms with Crippen LogP contribution in [0.3, 0.4) is 0 Å². The maximum absolute atomic E-state index is 12.7. The van der Waals surface area contributed by atoms with Crippen molar-refractivity contribution >= 4 is 23.4 Å². The summed E-state index contributed by atoms with van der Waals surface area (Å²) in [6.07, 6.45) is 0.951. The van der Waals surface area contributed by atoms with E-state index in [1.807, 2.05) is 43.3 Å². The Kier molecular flexibility index (Phi) is 6.93. The van der Waals surface area contributed by atoms with Crippen LogP contribution in [0.1, 0.15) is 25.8 Å². The number of nitrogens with zero attached hydrogens (tertiary/aromatic N) is 3. The quantitative estimate of drug-likeness (QED) is 0.541. The highest BCUT2D eigenvalue weighted by atomic mass is 32.2. The molecule has 1 heterocycles. The highest BCUT2D eigenvalue weighted by Crippen LogP contribution is 2.29. The van der Waals surface area contributed by atoms with E-state index in [-0.39, 0.29) is 11.2 Å². The zero-order valence-corrected chi connectivity index (χ0v) is 18.0. The number of anilines is 1. The van der Waals surface area contributed by atoms with Crippen molar-refractivity contribution in [2.24, 2.45) is 0 Å². The lowest BCUT2D eigenvalue weighted by molar-refractivity contribution is -0.115. The molecule has 7 heteroatoms. The summed E-state index contributed by atoms with van der Waals surface area (Å²) in [6.45, 7) is 6.84. The van der Waals surface area contributed by atoms with Gasteiger partial charge in [0, 0.05) is 12.1 Å². The molecule has 152 valence electrons. The van der Waals surface area contributed by atoms with Crippen LogP contribution in [-0.4, -0.2) is 33.0 Å². The molecule has 1 amide bonds. The second-order valence-electron chi connectivity index (χ2n) is 6.78. The van der Waals surface area contributed by atoms with Gasteiger partial charge in [0.25, 0.3) is 0 Å². The number of carbonyl (C=O) groups excluding carboxylic acids is 1. The molecule has 2 aromatic carbocycles. The van der Waals surface area contributed by atoms with Gasteiger partial charge < -0.3 is 14.6 Å². The molecule has 1 atom stereocenters. The van der Waals surface area contributed by atoms with Crippen molar-refractivity contribution < 1.29 is 9.53 Å². The fourth-order valence-electron chi connectivity index (χ4n) is 2.99. The standard InChI is InChI=1S/C22H26N4O2S/c1-5-13-26-20(17-10-8-9-15(2)14-17)24-25-22(26)29-16(3)21(27)23-18-11-6-7-12-19(18)28-4/h6-12,14,16H,5,13H2,1-4H3,(H,23,27)/t16-/m1/s1. The first-order chi connectivity index (χ1) is 14.0. The molecule has 3 rings (SSSR count). The fraction of sp³-hybridized carbons (Fsp3) is 0.318. The Balaban J connectivity index is 1.79. The van der Waals surface area contributed by atoms with Crippen LogP contribution in [0, 0.1) is 6.92 Å². The third-order valence-corrected chi connectivity index (χ3v) is 5.54. The second kappa shape index (κ2) is 9.60. The summed E-state index contributed by atoms with van der Waals surface area (Å²) in [5, 5.41) is 12.1. The number of hydrogen-bond acceptors (Lipinski definition) is 5. The van der Waals surface area contributed by atoms with Crippen LogP contribution in [-0.2, 0) is 11.3 Å². The van der Waals surface area contributed by atoms with Gasteiger partial charge in [-0.1, -0.05) is 54.6 Å². The zero-order valence-electron chi connectivity index (χ0n) is 17.2. The van der Waals surface area contributed by atoms with E-state index in [2.05, 4.69) is 46.1 Å². The molecule has 29 heavy (non-hydrogen) atoms. The number of carbonyl (C=O) groups is 1. The zero-order chi connectivity index (χ0) is 20.8. The van der Waals surface area contributed by atoms with Crippen LogP contribution in [0.5, 0.6) is 5.75 Å². The normalized spacial score (nSPS) is 11.9. The third kappa shape index (κ3) is 4.98. The largest absolute Gasteiger partial charge is 0.495 e. The predicted octanol–water partition coefficient (Wildman–Crippen LogP) is 4.79. The van der Waals surface area contributed by atoms with Gasteiger partial charge in [-0.2, -0.15) is 0 Å². The number of methoxy groups -OCH3 is 1. The van der Waals surface area contributed by atoms with Gasteiger partial charge in [-0.15, -0.1) is 10.2 Å². The molecule has 0 aliphatic heterocycles. The van der Waals surface area contributed by atoms with Crippen molar-refractivity contribution in [3.05, 3.63) is 54.1 Å².